The van der Waals surface area contributed by atoms with Gasteiger partial charge in [-0.3, -0.25) is 0 Å². The molecule has 0 radical (unpaired) electrons. The molecule has 0 unspecified atom stereocenters. The lowest BCUT2D eigenvalue weighted by Gasteiger charge is -2.18. The fraction of sp³-hybridized carbons (Fsp3) is 0.333. The number of aryl methyl sites for hydroxylation is 1. The van der Waals surface area contributed by atoms with Crippen LogP contribution in [0.4, 0.5) is 0 Å². The Morgan fingerprint density at radius 1 is 1.28 bits per heavy atom. The Labute approximate surface area is 112 Å². The van der Waals surface area contributed by atoms with Crippen molar-refractivity contribution in [1.29, 1.82) is 0 Å². The fourth-order valence-corrected chi connectivity index (χ4v) is 2.39. The summed E-state index contributed by atoms with van der Waals surface area (Å²) in [5.74, 6) is 0.527. The van der Waals surface area contributed by atoms with Gasteiger partial charge < -0.3 is 0 Å². The van der Waals surface area contributed by atoms with Crippen molar-refractivity contribution in [3.8, 4) is 0 Å². The highest BCUT2D eigenvalue weighted by Crippen LogP contribution is 2.31. The van der Waals surface area contributed by atoms with Crippen molar-refractivity contribution >= 4 is 5.57 Å². The van der Waals surface area contributed by atoms with Gasteiger partial charge in [0.05, 0.1) is 0 Å². The molecule has 0 nitrogen and oxygen atoms in total. The van der Waals surface area contributed by atoms with Gasteiger partial charge in [-0.1, -0.05) is 56.9 Å². The molecule has 0 aliphatic carbocycles. The minimum absolute atomic E-state index is 0.527. The predicted molar refractivity (Wildman–Crippen MR) is 82.9 cm³/mol. The van der Waals surface area contributed by atoms with E-state index in [1.165, 1.54) is 27.8 Å². The second-order valence-corrected chi connectivity index (χ2v) is 4.99. The molecule has 0 atom stereocenters. The molecular weight excluding hydrogens is 216 g/mol. The van der Waals surface area contributed by atoms with Crippen molar-refractivity contribution in [1.82, 2.24) is 0 Å². The van der Waals surface area contributed by atoms with Gasteiger partial charge in [0, 0.05) is 0 Å². The predicted octanol–water partition coefficient (Wildman–Crippen LogP) is 5.65. The molecule has 18 heavy (non-hydrogen) atoms. The maximum Gasteiger partial charge on any atom is -0.0144 e. The number of hydrogen-bond donors (Lipinski definition) is 0. The Morgan fingerprint density at radius 3 is 2.44 bits per heavy atom. The summed E-state index contributed by atoms with van der Waals surface area (Å²) in [5, 5.41) is 0. The van der Waals surface area contributed by atoms with Crippen molar-refractivity contribution in [3.63, 3.8) is 0 Å². The van der Waals surface area contributed by atoms with E-state index in [0.29, 0.717) is 5.92 Å². The third-order valence-corrected chi connectivity index (χ3v) is 3.26. The smallest absolute Gasteiger partial charge is 0.0144 e. The summed E-state index contributed by atoms with van der Waals surface area (Å²) in [6.45, 7) is 14.8. The Hall–Kier alpha value is -1.56. The lowest BCUT2D eigenvalue weighted by Crippen LogP contribution is -1.99. The van der Waals surface area contributed by atoms with Crippen LogP contribution in [0.2, 0.25) is 0 Å². The van der Waals surface area contributed by atoms with E-state index in [1.54, 1.807) is 0 Å². The van der Waals surface area contributed by atoms with Gasteiger partial charge in [0.1, 0.15) is 0 Å². The van der Waals surface area contributed by atoms with Crippen molar-refractivity contribution in [3.05, 3.63) is 65.3 Å². The molecule has 0 aromatic heterocycles. The van der Waals surface area contributed by atoms with Gasteiger partial charge in [-0.15, -0.1) is 0 Å². The quantitative estimate of drug-likeness (QED) is 0.596. The van der Waals surface area contributed by atoms with Gasteiger partial charge in [0.2, 0.25) is 0 Å². The SMILES string of the molecule is C=C/C(C)=C(\C=C/C)c1cccc(C)c1C(C)C. The first-order chi connectivity index (χ1) is 8.52. The lowest BCUT2D eigenvalue weighted by molar-refractivity contribution is 0.852. The van der Waals surface area contributed by atoms with E-state index in [0.717, 1.165) is 0 Å². The third-order valence-electron chi connectivity index (χ3n) is 3.26. The minimum Gasteiger partial charge on any atom is -0.0988 e. The number of benzene rings is 1. The molecule has 1 aromatic rings. The van der Waals surface area contributed by atoms with Gasteiger partial charge in [-0.05, 0) is 54.5 Å². The molecule has 0 bridgehead atoms. The van der Waals surface area contributed by atoms with Crippen LogP contribution in [0.5, 0.6) is 0 Å². The molecule has 0 heterocycles. The zero-order chi connectivity index (χ0) is 13.7. The van der Waals surface area contributed by atoms with Gasteiger partial charge in [-0.25, -0.2) is 0 Å². The van der Waals surface area contributed by atoms with Crippen LogP contribution in [0.1, 0.15) is 50.3 Å². The van der Waals surface area contributed by atoms with Crippen LogP contribution >= 0.6 is 0 Å². The summed E-state index contributed by atoms with van der Waals surface area (Å²) in [6.07, 6.45) is 6.20. The molecular formula is C18H24. The molecule has 0 spiro atoms. The molecule has 0 amide bonds. The monoisotopic (exact) mass is 240 g/mol. The van der Waals surface area contributed by atoms with Gasteiger partial charge >= 0.3 is 0 Å². The van der Waals surface area contributed by atoms with E-state index >= 15 is 0 Å². The van der Waals surface area contributed by atoms with E-state index in [9.17, 15) is 0 Å². The molecule has 0 aliphatic heterocycles. The fourth-order valence-electron chi connectivity index (χ4n) is 2.39. The number of hydrogen-bond acceptors (Lipinski definition) is 0. The molecule has 1 aromatic carbocycles. The topological polar surface area (TPSA) is 0 Å². The Bertz CT molecular complexity index is 485. The summed E-state index contributed by atoms with van der Waals surface area (Å²) in [5.41, 5.74) is 6.63. The van der Waals surface area contributed by atoms with Crippen LogP contribution in [0.25, 0.3) is 5.57 Å². The standard InChI is InChI=1S/C18H24/c1-7-10-16(14(5)8-2)17-12-9-11-15(6)18(17)13(3)4/h7-13H,2H2,1,3-6H3/b10-7-,16-14+. The van der Waals surface area contributed by atoms with Crippen molar-refractivity contribution in [2.45, 2.75) is 40.5 Å². The van der Waals surface area contributed by atoms with E-state index in [-0.39, 0.29) is 0 Å². The van der Waals surface area contributed by atoms with Crippen LogP contribution in [0.3, 0.4) is 0 Å². The minimum atomic E-state index is 0.527. The van der Waals surface area contributed by atoms with Gasteiger partial charge in [0.15, 0.2) is 0 Å². The molecule has 0 saturated carbocycles. The first kappa shape index (κ1) is 14.5. The van der Waals surface area contributed by atoms with Crippen LogP contribution in [0.15, 0.2) is 48.6 Å². The summed E-state index contributed by atoms with van der Waals surface area (Å²) in [7, 11) is 0. The first-order valence-corrected chi connectivity index (χ1v) is 6.58. The number of rotatable bonds is 4. The largest absolute Gasteiger partial charge is 0.0988 e. The molecule has 0 aliphatic rings. The summed E-state index contributed by atoms with van der Waals surface area (Å²) in [6, 6.07) is 6.54. The van der Waals surface area contributed by atoms with Crippen LogP contribution in [0, 0.1) is 6.92 Å². The molecule has 1 rings (SSSR count). The highest BCUT2D eigenvalue weighted by Gasteiger charge is 2.12. The zero-order valence-corrected chi connectivity index (χ0v) is 12.2. The average molecular weight is 240 g/mol. The van der Waals surface area contributed by atoms with Crippen LogP contribution in [-0.4, -0.2) is 0 Å². The molecule has 0 saturated heterocycles. The second-order valence-electron chi connectivity index (χ2n) is 4.99. The van der Waals surface area contributed by atoms with Crippen LogP contribution < -0.4 is 0 Å². The van der Waals surface area contributed by atoms with Crippen molar-refractivity contribution in [2.75, 3.05) is 0 Å². The molecule has 0 heteroatoms. The van der Waals surface area contributed by atoms with Crippen molar-refractivity contribution in [2.24, 2.45) is 0 Å². The van der Waals surface area contributed by atoms with Crippen molar-refractivity contribution < 1.29 is 0 Å². The molecule has 96 valence electrons. The highest BCUT2D eigenvalue weighted by molar-refractivity contribution is 5.80. The maximum atomic E-state index is 3.89. The van der Waals surface area contributed by atoms with Gasteiger partial charge in [-0.2, -0.15) is 0 Å². The van der Waals surface area contributed by atoms with E-state index in [4.69, 9.17) is 0 Å². The molecule has 0 fully saturated rings. The molecule has 0 N–H and O–H groups in total. The third kappa shape index (κ3) is 3.01. The second kappa shape index (κ2) is 6.39. The Morgan fingerprint density at radius 2 is 1.94 bits per heavy atom. The summed E-state index contributed by atoms with van der Waals surface area (Å²) >= 11 is 0. The van der Waals surface area contributed by atoms with E-state index < -0.39 is 0 Å². The highest BCUT2D eigenvalue weighted by atomic mass is 14.2. The Kier molecular flexibility index (Phi) is 5.15. The van der Waals surface area contributed by atoms with Crippen LogP contribution in [-0.2, 0) is 0 Å². The maximum absolute atomic E-state index is 3.89. The number of allylic oxidation sites excluding steroid dienone is 5. The van der Waals surface area contributed by atoms with Gasteiger partial charge in [0.25, 0.3) is 0 Å². The average Bonchev–Trinajstić information content (AvgIpc) is 2.34. The summed E-state index contributed by atoms with van der Waals surface area (Å²) in [4.78, 5) is 0. The van der Waals surface area contributed by atoms with E-state index in [2.05, 4.69) is 71.5 Å². The first-order valence-electron chi connectivity index (χ1n) is 6.58. The normalized spacial score (nSPS) is 13.0. The zero-order valence-electron chi connectivity index (χ0n) is 12.2. The van der Waals surface area contributed by atoms with E-state index in [1.807, 2.05) is 6.08 Å². The summed E-state index contributed by atoms with van der Waals surface area (Å²) < 4.78 is 0. The lowest BCUT2D eigenvalue weighted by atomic mass is 9.87. The Balaban J connectivity index is 3.57.